The molecule has 0 atom stereocenters. The van der Waals surface area contributed by atoms with Gasteiger partial charge in [-0.1, -0.05) is 79.4 Å². The van der Waals surface area contributed by atoms with Crippen molar-refractivity contribution in [2.45, 2.75) is 6.92 Å². The minimum atomic E-state index is -0.163. The van der Waals surface area contributed by atoms with Gasteiger partial charge in [-0.05, 0) is 28.8 Å². The van der Waals surface area contributed by atoms with Gasteiger partial charge in [0, 0.05) is 10.8 Å². The molecule has 3 aromatic rings. The number of hydrogen-bond donors (Lipinski definition) is 0. The van der Waals surface area contributed by atoms with Crippen LogP contribution >= 0.6 is 0 Å². The van der Waals surface area contributed by atoms with Gasteiger partial charge in [-0.25, -0.2) is 4.39 Å². The summed E-state index contributed by atoms with van der Waals surface area (Å²) in [5.41, 5.74) is 2.02. The lowest BCUT2D eigenvalue weighted by Gasteiger charge is -2.13. The van der Waals surface area contributed by atoms with E-state index in [9.17, 15) is 4.39 Å². The van der Waals surface area contributed by atoms with Gasteiger partial charge in [0.05, 0.1) is 0 Å². The van der Waals surface area contributed by atoms with Gasteiger partial charge < -0.3 is 0 Å². The fourth-order valence-corrected chi connectivity index (χ4v) is 2.84. The number of hydrogen-bond acceptors (Lipinski definition) is 0. The van der Waals surface area contributed by atoms with Crippen LogP contribution in [0.4, 0.5) is 4.39 Å². The summed E-state index contributed by atoms with van der Waals surface area (Å²) in [4.78, 5) is 0. The quantitative estimate of drug-likeness (QED) is 0.393. The summed E-state index contributed by atoms with van der Waals surface area (Å²) in [7, 11) is 0. The first-order valence-electron chi connectivity index (χ1n) is 7.32. The Morgan fingerprint density at radius 2 is 1.41 bits per heavy atom. The summed E-state index contributed by atoms with van der Waals surface area (Å²) in [6, 6.07) is 15.2. The lowest BCUT2D eigenvalue weighted by Crippen LogP contribution is -1.92. The van der Waals surface area contributed by atoms with E-state index < -0.39 is 0 Å². The Balaban J connectivity index is 2.54. The van der Waals surface area contributed by atoms with Crippen molar-refractivity contribution in [3.8, 4) is 0 Å². The van der Waals surface area contributed by atoms with Gasteiger partial charge in [0.25, 0.3) is 0 Å². The Kier molecular flexibility index (Phi) is 3.88. The minimum absolute atomic E-state index is 0.163. The van der Waals surface area contributed by atoms with Crippen LogP contribution in [0.15, 0.2) is 79.4 Å². The summed E-state index contributed by atoms with van der Waals surface area (Å²) in [5.74, 6) is -0.163. The predicted octanol–water partition coefficient (Wildman–Crippen LogP) is 6.28. The van der Waals surface area contributed by atoms with E-state index >= 15 is 0 Å². The van der Waals surface area contributed by atoms with E-state index in [1.165, 1.54) is 0 Å². The highest BCUT2D eigenvalue weighted by atomic mass is 19.1. The standard InChI is InChI=1S/C21H17F/c1-3-5-10-15(4-2)20-16-11-6-8-13-18(16)21(22)19-14-9-7-12-17(19)20/h3-14H,2H2,1H3/b5-3-,15-10+. The van der Waals surface area contributed by atoms with Crippen molar-refractivity contribution in [3.63, 3.8) is 0 Å². The van der Waals surface area contributed by atoms with Crippen LogP contribution in [0.25, 0.3) is 27.1 Å². The van der Waals surface area contributed by atoms with E-state index in [1.54, 1.807) is 0 Å². The summed E-state index contributed by atoms with van der Waals surface area (Å²) < 4.78 is 14.8. The van der Waals surface area contributed by atoms with E-state index in [0.29, 0.717) is 10.8 Å². The molecule has 0 nitrogen and oxygen atoms in total. The first-order chi connectivity index (χ1) is 10.8. The zero-order valence-corrected chi connectivity index (χ0v) is 12.5. The third kappa shape index (κ3) is 2.25. The molecule has 0 aliphatic carbocycles. The van der Waals surface area contributed by atoms with Crippen LogP contribution < -0.4 is 0 Å². The van der Waals surface area contributed by atoms with Gasteiger partial charge in [-0.3, -0.25) is 0 Å². The van der Waals surface area contributed by atoms with E-state index in [0.717, 1.165) is 21.9 Å². The van der Waals surface area contributed by atoms with Crippen molar-refractivity contribution in [1.29, 1.82) is 0 Å². The maximum absolute atomic E-state index is 14.8. The average molecular weight is 288 g/mol. The molecule has 108 valence electrons. The molecule has 0 amide bonds. The Morgan fingerprint density at radius 3 is 1.86 bits per heavy atom. The monoisotopic (exact) mass is 288 g/mol. The molecule has 22 heavy (non-hydrogen) atoms. The van der Waals surface area contributed by atoms with Gasteiger partial charge in [0.15, 0.2) is 0 Å². The van der Waals surface area contributed by atoms with E-state index in [4.69, 9.17) is 0 Å². The average Bonchev–Trinajstić information content (AvgIpc) is 2.58. The van der Waals surface area contributed by atoms with Crippen molar-refractivity contribution in [2.75, 3.05) is 0 Å². The third-order valence-corrected chi connectivity index (χ3v) is 3.84. The maximum Gasteiger partial charge on any atom is 0.138 e. The van der Waals surface area contributed by atoms with Gasteiger partial charge >= 0.3 is 0 Å². The highest BCUT2D eigenvalue weighted by Crippen LogP contribution is 2.36. The van der Waals surface area contributed by atoms with Crippen LogP contribution in [0, 0.1) is 5.82 Å². The third-order valence-electron chi connectivity index (χ3n) is 3.84. The second kappa shape index (κ2) is 5.98. The first-order valence-corrected chi connectivity index (χ1v) is 7.32. The van der Waals surface area contributed by atoms with E-state index in [-0.39, 0.29) is 5.82 Å². The van der Waals surface area contributed by atoms with Crippen molar-refractivity contribution in [2.24, 2.45) is 0 Å². The van der Waals surface area contributed by atoms with Crippen molar-refractivity contribution in [3.05, 3.63) is 90.8 Å². The van der Waals surface area contributed by atoms with Crippen molar-refractivity contribution in [1.82, 2.24) is 0 Å². The van der Waals surface area contributed by atoms with Crippen LogP contribution in [0.5, 0.6) is 0 Å². The number of rotatable bonds is 3. The van der Waals surface area contributed by atoms with Crippen LogP contribution in [-0.4, -0.2) is 0 Å². The summed E-state index contributed by atoms with van der Waals surface area (Å²) >= 11 is 0. The molecule has 0 N–H and O–H groups in total. The molecule has 0 saturated carbocycles. The van der Waals surface area contributed by atoms with Gasteiger partial charge in [0.1, 0.15) is 5.82 Å². The molecular formula is C21H17F. The molecule has 3 aromatic carbocycles. The fourth-order valence-electron chi connectivity index (χ4n) is 2.84. The predicted molar refractivity (Wildman–Crippen MR) is 94.4 cm³/mol. The van der Waals surface area contributed by atoms with E-state index in [2.05, 4.69) is 6.58 Å². The number of allylic oxidation sites excluding steroid dienone is 5. The molecule has 1 heteroatoms. The second-order valence-electron chi connectivity index (χ2n) is 5.13. The second-order valence-corrected chi connectivity index (χ2v) is 5.13. The summed E-state index contributed by atoms with van der Waals surface area (Å²) in [6.07, 6.45) is 7.78. The summed E-state index contributed by atoms with van der Waals surface area (Å²) in [6.45, 7) is 5.90. The number of halogens is 1. The zero-order valence-electron chi connectivity index (χ0n) is 12.5. The molecular weight excluding hydrogens is 271 g/mol. The Labute approximate surface area is 129 Å². The molecule has 0 radical (unpaired) electrons. The van der Waals surface area contributed by atoms with Gasteiger partial charge in [0.2, 0.25) is 0 Å². The topological polar surface area (TPSA) is 0 Å². The first kappa shape index (κ1) is 14.3. The molecule has 0 unspecified atom stereocenters. The normalized spacial score (nSPS) is 12.4. The number of fused-ring (bicyclic) bond motifs is 2. The molecule has 3 rings (SSSR count). The van der Waals surface area contributed by atoms with Crippen LogP contribution in [-0.2, 0) is 0 Å². The number of benzene rings is 3. The van der Waals surface area contributed by atoms with Gasteiger partial charge in [-0.2, -0.15) is 0 Å². The SMILES string of the molecule is C=C/C(=C\C=C/C)c1c2ccccc2c(F)c2ccccc12. The van der Waals surface area contributed by atoms with Crippen molar-refractivity contribution < 1.29 is 4.39 Å². The largest absolute Gasteiger partial charge is 0.206 e. The minimum Gasteiger partial charge on any atom is -0.206 e. The Bertz CT molecular complexity index is 857. The highest BCUT2D eigenvalue weighted by molar-refractivity contribution is 6.10. The van der Waals surface area contributed by atoms with Crippen LogP contribution in [0.1, 0.15) is 12.5 Å². The lowest BCUT2D eigenvalue weighted by atomic mass is 9.91. The maximum atomic E-state index is 14.8. The van der Waals surface area contributed by atoms with E-state index in [1.807, 2.05) is 79.8 Å². The highest BCUT2D eigenvalue weighted by Gasteiger charge is 2.14. The molecule has 0 aliphatic rings. The molecule has 0 aromatic heterocycles. The molecule has 0 heterocycles. The molecule has 0 aliphatic heterocycles. The smallest absolute Gasteiger partial charge is 0.138 e. The van der Waals surface area contributed by atoms with Crippen molar-refractivity contribution >= 4 is 27.1 Å². The zero-order chi connectivity index (χ0) is 15.5. The Hall–Kier alpha value is -2.67. The molecule has 0 fully saturated rings. The molecule has 0 spiro atoms. The lowest BCUT2D eigenvalue weighted by molar-refractivity contribution is 0.651. The molecule has 0 saturated heterocycles. The van der Waals surface area contributed by atoms with Gasteiger partial charge in [-0.15, -0.1) is 0 Å². The Morgan fingerprint density at radius 1 is 0.909 bits per heavy atom. The van der Waals surface area contributed by atoms with Crippen LogP contribution in [0.2, 0.25) is 0 Å². The summed E-state index contributed by atoms with van der Waals surface area (Å²) in [5, 5.41) is 3.11. The van der Waals surface area contributed by atoms with Crippen LogP contribution in [0.3, 0.4) is 0 Å². The fraction of sp³-hybridized carbons (Fsp3) is 0.0476. The molecule has 0 bridgehead atoms.